The van der Waals surface area contributed by atoms with Crippen LogP contribution < -0.4 is 0 Å². The topological polar surface area (TPSA) is 4.93 Å². The van der Waals surface area contributed by atoms with Crippen molar-refractivity contribution in [3.63, 3.8) is 0 Å². The summed E-state index contributed by atoms with van der Waals surface area (Å²) in [5.41, 5.74) is 13.5. The van der Waals surface area contributed by atoms with Crippen molar-refractivity contribution in [2.24, 2.45) is 5.41 Å². The smallest absolute Gasteiger partial charge is 0.0754 e. The van der Waals surface area contributed by atoms with Crippen LogP contribution in [-0.2, 0) is 11.8 Å². The minimum Gasteiger partial charge on any atom is -0.309 e. The first-order chi connectivity index (χ1) is 18.0. The zero-order chi connectivity index (χ0) is 24.9. The molecule has 1 spiro atoms. The zero-order valence-electron chi connectivity index (χ0n) is 21.5. The van der Waals surface area contributed by atoms with E-state index in [-0.39, 0.29) is 10.8 Å². The van der Waals surface area contributed by atoms with Crippen LogP contribution in [0.25, 0.3) is 38.6 Å². The Morgan fingerprint density at radius 3 is 2.14 bits per heavy atom. The van der Waals surface area contributed by atoms with Crippen LogP contribution in [0.15, 0.2) is 109 Å². The summed E-state index contributed by atoms with van der Waals surface area (Å²) in [6.07, 6.45) is 1.07. The number of aromatic nitrogens is 1. The Balaban J connectivity index is 1.57. The van der Waals surface area contributed by atoms with Gasteiger partial charge in [-0.05, 0) is 62.9 Å². The molecule has 0 amide bonds. The molecule has 1 aromatic heterocycles. The van der Waals surface area contributed by atoms with Crippen molar-refractivity contribution in [3.05, 3.63) is 137 Å². The van der Waals surface area contributed by atoms with Crippen molar-refractivity contribution < 1.29 is 0 Å². The van der Waals surface area contributed by atoms with Gasteiger partial charge in [-0.2, -0.15) is 0 Å². The molecule has 8 rings (SSSR count). The van der Waals surface area contributed by atoms with Gasteiger partial charge in [0, 0.05) is 10.8 Å². The lowest BCUT2D eigenvalue weighted by Crippen LogP contribution is -2.33. The fourth-order valence-electron chi connectivity index (χ4n) is 7.34. The van der Waals surface area contributed by atoms with E-state index in [2.05, 4.69) is 135 Å². The average Bonchev–Trinajstić information content (AvgIpc) is 3.39. The maximum absolute atomic E-state index is 2.51. The zero-order valence-corrected chi connectivity index (χ0v) is 21.5. The van der Waals surface area contributed by atoms with Crippen LogP contribution in [0.3, 0.4) is 0 Å². The quantitative estimate of drug-likeness (QED) is 0.223. The van der Waals surface area contributed by atoms with E-state index in [0.29, 0.717) is 0 Å². The van der Waals surface area contributed by atoms with E-state index in [0.717, 1.165) is 6.42 Å². The monoisotopic (exact) mass is 475 g/mol. The summed E-state index contributed by atoms with van der Waals surface area (Å²) in [6.45, 7) is 6.98. The SMILES string of the molecule is CC(C)(C)Cc1ccc2c(c1)-c1ccccc1C21c2ccccc2-n2c3ccccc3c3cccc1c32. The first kappa shape index (κ1) is 21.0. The largest absolute Gasteiger partial charge is 0.309 e. The predicted octanol–water partition coefficient (Wildman–Crippen LogP) is 9.05. The second-order valence-corrected chi connectivity index (χ2v) is 12.0. The Morgan fingerprint density at radius 2 is 1.27 bits per heavy atom. The third-order valence-electron chi connectivity index (χ3n) is 8.49. The molecule has 1 atom stereocenters. The van der Waals surface area contributed by atoms with Gasteiger partial charge in [0.2, 0.25) is 0 Å². The van der Waals surface area contributed by atoms with Crippen LogP contribution in [0.1, 0.15) is 48.6 Å². The maximum Gasteiger partial charge on any atom is 0.0754 e. The Morgan fingerprint density at radius 1 is 0.595 bits per heavy atom. The summed E-state index contributed by atoms with van der Waals surface area (Å²) in [7, 11) is 0. The van der Waals surface area contributed by atoms with Crippen molar-refractivity contribution in [1.29, 1.82) is 0 Å². The van der Waals surface area contributed by atoms with Gasteiger partial charge in [0.1, 0.15) is 0 Å². The molecule has 2 heterocycles. The molecular weight excluding hydrogens is 446 g/mol. The number of fused-ring (bicyclic) bond motifs is 12. The molecule has 0 bridgehead atoms. The summed E-state index contributed by atoms with van der Waals surface area (Å²) < 4.78 is 2.51. The van der Waals surface area contributed by atoms with Gasteiger partial charge in [0.25, 0.3) is 0 Å². The highest BCUT2D eigenvalue weighted by molar-refractivity contribution is 6.12. The number of hydrogen-bond acceptors (Lipinski definition) is 0. The van der Waals surface area contributed by atoms with Crippen molar-refractivity contribution in [2.45, 2.75) is 32.6 Å². The molecule has 1 heteroatoms. The Labute approximate surface area is 218 Å². The number of rotatable bonds is 1. The van der Waals surface area contributed by atoms with Crippen molar-refractivity contribution in [1.82, 2.24) is 4.57 Å². The molecule has 2 aliphatic rings. The lowest BCUT2D eigenvalue weighted by molar-refractivity contribution is 0.411. The molecule has 0 saturated carbocycles. The maximum atomic E-state index is 2.51. The van der Waals surface area contributed by atoms with E-state index < -0.39 is 0 Å². The first-order valence-electron chi connectivity index (χ1n) is 13.3. The van der Waals surface area contributed by atoms with Gasteiger partial charge in [0.15, 0.2) is 0 Å². The fraction of sp³-hybridized carbons (Fsp3) is 0.167. The minimum atomic E-state index is -0.341. The van der Waals surface area contributed by atoms with Gasteiger partial charge in [-0.25, -0.2) is 0 Å². The summed E-state index contributed by atoms with van der Waals surface area (Å²) >= 11 is 0. The van der Waals surface area contributed by atoms with Crippen molar-refractivity contribution in [2.75, 3.05) is 0 Å². The highest BCUT2D eigenvalue weighted by atomic mass is 15.0. The molecule has 1 unspecified atom stereocenters. The molecule has 6 aromatic rings. The Kier molecular flexibility index (Phi) is 3.99. The molecule has 178 valence electrons. The van der Waals surface area contributed by atoms with E-state index in [1.807, 2.05) is 0 Å². The standard InChI is InChI=1S/C36H29N/c1-35(2,3)22-23-19-20-29-27(21-23)24-11-4-6-14-28(24)36(29)30-15-7-9-18-33(30)37-32-17-8-5-12-25(32)26-13-10-16-31(36)34(26)37/h4-21H,22H2,1-3H3. The van der Waals surface area contributed by atoms with Gasteiger partial charge in [-0.15, -0.1) is 0 Å². The van der Waals surface area contributed by atoms with Crippen molar-refractivity contribution >= 4 is 21.8 Å². The van der Waals surface area contributed by atoms with E-state index in [1.165, 1.54) is 66.4 Å². The van der Waals surface area contributed by atoms with Crippen LogP contribution in [0, 0.1) is 5.41 Å². The third kappa shape index (κ3) is 2.59. The summed E-state index contributed by atoms with van der Waals surface area (Å²) in [5.74, 6) is 0. The van der Waals surface area contributed by atoms with Crippen LogP contribution in [0.4, 0.5) is 0 Å². The van der Waals surface area contributed by atoms with E-state index in [9.17, 15) is 0 Å². The van der Waals surface area contributed by atoms with E-state index in [4.69, 9.17) is 0 Å². The van der Waals surface area contributed by atoms with Gasteiger partial charge < -0.3 is 4.57 Å². The van der Waals surface area contributed by atoms with E-state index >= 15 is 0 Å². The van der Waals surface area contributed by atoms with Crippen LogP contribution in [0.5, 0.6) is 0 Å². The normalized spacial score (nSPS) is 17.3. The second-order valence-electron chi connectivity index (χ2n) is 12.0. The number of benzene rings is 5. The highest BCUT2D eigenvalue weighted by Gasteiger charge is 2.50. The molecule has 1 aliphatic carbocycles. The summed E-state index contributed by atoms with van der Waals surface area (Å²) in [4.78, 5) is 0. The number of nitrogens with zero attached hydrogens (tertiary/aromatic N) is 1. The van der Waals surface area contributed by atoms with Gasteiger partial charge in [0.05, 0.1) is 22.1 Å². The molecular formula is C36H29N. The Bertz CT molecular complexity index is 1890. The van der Waals surface area contributed by atoms with Crippen LogP contribution in [0.2, 0.25) is 0 Å². The highest BCUT2D eigenvalue weighted by Crippen LogP contribution is 2.61. The average molecular weight is 476 g/mol. The second kappa shape index (κ2) is 7.01. The molecule has 0 fully saturated rings. The lowest BCUT2D eigenvalue weighted by atomic mass is 9.65. The first-order valence-corrected chi connectivity index (χ1v) is 13.3. The fourth-order valence-corrected chi connectivity index (χ4v) is 7.34. The summed E-state index contributed by atoms with van der Waals surface area (Å²) in [5, 5.41) is 2.65. The van der Waals surface area contributed by atoms with Gasteiger partial charge in [-0.3, -0.25) is 0 Å². The number of para-hydroxylation sites is 3. The molecule has 0 N–H and O–H groups in total. The third-order valence-corrected chi connectivity index (χ3v) is 8.49. The number of hydrogen-bond donors (Lipinski definition) is 0. The van der Waals surface area contributed by atoms with E-state index in [1.54, 1.807) is 0 Å². The van der Waals surface area contributed by atoms with Gasteiger partial charge in [-0.1, -0.05) is 118 Å². The van der Waals surface area contributed by atoms with Crippen LogP contribution >= 0.6 is 0 Å². The Hall–Kier alpha value is -4.10. The minimum absolute atomic E-state index is 0.244. The van der Waals surface area contributed by atoms with Gasteiger partial charge >= 0.3 is 0 Å². The molecule has 5 aromatic carbocycles. The molecule has 1 aliphatic heterocycles. The molecule has 1 nitrogen and oxygen atoms in total. The summed E-state index contributed by atoms with van der Waals surface area (Å²) in [6, 6.07) is 41.3. The lowest BCUT2D eigenvalue weighted by Gasteiger charge is -2.39. The van der Waals surface area contributed by atoms with Crippen LogP contribution in [-0.4, -0.2) is 4.57 Å². The predicted molar refractivity (Wildman–Crippen MR) is 155 cm³/mol. The molecule has 37 heavy (non-hydrogen) atoms. The molecule has 0 saturated heterocycles. The van der Waals surface area contributed by atoms with Crippen molar-refractivity contribution in [3.8, 4) is 16.8 Å². The molecule has 0 radical (unpaired) electrons.